The Kier molecular flexibility index (Phi) is 6.51. The van der Waals surface area contributed by atoms with Gasteiger partial charge in [-0.2, -0.15) is 0 Å². The molecular weight excluding hydrogens is 388 g/mol. The van der Waals surface area contributed by atoms with Crippen molar-refractivity contribution in [1.82, 2.24) is 9.55 Å². The van der Waals surface area contributed by atoms with E-state index in [2.05, 4.69) is 4.57 Å². The number of aliphatic carboxylic acids is 1. The Morgan fingerprint density at radius 2 is 1.81 bits per heavy atom. The van der Waals surface area contributed by atoms with E-state index in [-0.39, 0.29) is 5.57 Å². The van der Waals surface area contributed by atoms with Crippen LogP contribution in [-0.4, -0.2) is 15.5 Å². The van der Waals surface area contributed by atoms with Crippen LogP contribution in [0.5, 0.6) is 5.75 Å². The van der Waals surface area contributed by atoms with Crippen molar-refractivity contribution in [3.05, 3.63) is 77.6 Å². The maximum absolute atomic E-state index is 11.1. The Hall–Kier alpha value is -3.34. The number of carbonyl (C=O) groups excluding carboxylic acids is 1. The maximum atomic E-state index is 11.1. The molecule has 1 aliphatic rings. The molecule has 3 aromatic rings. The molecule has 31 heavy (non-hydrogen) atoms. The number of hydrogen-bond donors (Lipinski definition) is 0. The van der Waals surface area contributed by atoms with Crippen molar-refractivity contribution in [2.45, 2.75) is 51.7 Å². The molecule has 0 aliphatic heterocycles. The fourth-order valence-electron chi connectivity index (χ4n) is 4.06. The van der Waals surface area contributed by atoms with Crippen LogP contribution in [0.2, 0.25) is 0 Å². The van der Waals surface area contributed by atoms with Crippen molar-refractivity contribution >= 4 is 12.0 Å². The summed E-state index contributed by atoms with van der Waals surface area (Å²) in [4.78, 5) is 15.9. The number of hydrogen-bond acceptors (Lipinski definition) is 4. The average molecular weight is 416 g/mol. The van der Waals surface area contributed by atoms with E-state index < -0.39 is 5.97 Å². The Morgan fingerprint density at radius 3 is 2.48 bits per heavy atom. The van der Waals surface area contributed by atoms with Gasteiger partial charge in [0.25, 0.3) is 0 Å². The molecule has 5 heteroatoms. The number of ether oxygens (including phenoxy) is 1. The highest BCUT2D eigenvalue weighted by atomic mass is 16.5. The Morgan fingerprint density at radius 1 is 1.10 bits per heavy atom. The van der Waals surface area contributed by atoms with Gasteiger partial charge in [-0.3, -0.25) is 0 Å². The normalized spacial score (nSPS) is 15.1. The van der Waals surface area contributed by atoms with Gasteiger partial charge in [-0.15, -0.1) is 0 Å². The third-order valence-corrected chi connectivity index (χ3v) is 5.77. The molecule has 1 aromatic heterocycles. The zero-order valence-electron chi connectivity index (χ0n) is 17.8. The third-order valence-electron chi connectivity index (χ3n) is 5.77. The molecule has 0 spiro atoms. The summed E-state index contributed by atoms with van der Waals surface area (Å²) in [6.07, 6.45) is 9.46. The Balaban J connectivity index is 1.58. The van der Waals surface area contributed by atoms with E-state index in [1.807, 2.05) is 60.8 Å². The average Bonchev–Trinajstić information content (AvgIpc) is 3.23. The number of carbonyl (C=O) groups is 1. The number of rotatable bonds is 7. The van der Waals surface area contributed by atoms with E-state index in [0.717, 1.165) is 35.5 Å². The molecule has 1 aliphatic carbocycles. The highest BCUT2D eigenvalue weighted by molar-refractivity contribution is 5.89. The molecule has 0 atom stereocenters. The van der Waals surface area contributed by atoms with Gasteiger partial charge < -0.3 is 19.2 Å². The first-order valence-electron chi connectivity index (χ1n) is 10.9. The fourth-order valence-corrected chi connectivity index (χ4v) is 4.06. The summed E-state index contributed by atoms with van der Waals surface area (Å²) in [5.74, 6) is 0.490. The second-order valence-corrected chi connectivity index (χ2v) is 8.10. The van der Waals surface area contributed by atoms with Crippen molar-refractivity contribution in [1.29, 1.82) is 0 Å². The molecule has 1 saturated carbocycles. The van der Waals surface area contributed by atoms with Gasteiger partial charge in [-0.05, 0) is 61.2 Å². The number of imidazole rings is 1. The number of benzene rings is 2. The van der Waals surface area contributed by atoms with Crippen LogP contribution in [0, 0.1) is 0 Å². The zero-order valence-corrected chi connectivity index (χ0v) is 17.8. The van der Waals surface area contributed by atoms with Crippen LogP contribution < -0.4 is 9.84 Å². The van der Waals surface area contributed by atoms with Gasteiger partial charge in [0.2, 0.25) is 0 Å². The summed E-state index contributed by atoms with van der Waals surface area (Å²) in [6.45, 7) is 2.06. The lowest BCUT2D eigenvalue weighted by atomic mass is 9.95. The molecule has 0 bridgehead atoms. The molecule has 0 unspecified atom stereocenters. The predicted molar refractivity (Wildman–Crippen MR) is 119 cm³/mol. The Labute approximate surface area is 183 Å². The lowest BCUT2D eigenvalue weighted by Gasteiger charge is -2.24. The molecule has 1 heterocycles. The summed E-state index contributed by atoms with van der Waals surface area (Å²) in [5.41, 5.74) is 2.93. The molecule has 0 saturated heterocycles. The number of carboxylic acid groups (broad SMARTS) is 1. The second kappa shape index (κ2) is 9.65. The van der Waals surface area contributed by atoms with Crippen molar-refractivity contribution in [2.75, 3.05) is 0 Å². The summed E-state index contributed by atoms with van der Waals surface area (Å²) in [5, 5.41) is 11.1. The van der Waals surface area contributed by atoms with E-state index in [9.17, 15) is 9.90 Å². The quantitative estimate of drug-likeness (QED) is 0.521. The first-order chi connectivity index (χ1) is 15.1. The standard InChI is InChI=1S/C26H28N2O3/c1-19(26(29)30)16-22-17-28(23-10-6-3-7-11-23)25(27-22)21-12-14-24(15-13-21)31-18-20-8-4-2-5-9-20/h2,4-5,8-9,12-17,23H,3,6-7,10-11,18H2,1H3,(H,29,30)/p-1/b19-16+. The van der Waals surface area contributed by atoms with Crippen LogP contribution in [0.15, 0.2) is 66.4 Å². The van der Waals surface area contributed by atoms with E-state index in [1.54, 1.807) is 6.08 Å². The van der Waals surface area contributed by atoms with E-state index in [4.69, 9.17) is 9.72 Å². The van der Waals surface area contributed by atoms with Gasteiger partial charge in [0, 0.05) is 17.8 Å². The molecule has 160 valence electrons. The summed E-state index contributed by atoms with van der Waals surface area (Å²) >= 11 is 0. The molecule has 5 nitrogen and oxygen atoms in total. The predicted octanol–water partition coefficient (Wildman–Crippen LogP) is 4.79. The van der Waals surface area contributed by atoms with E-state index in [1.165, 1.54) is 26.2 Å². The lowest BCUT2D eigenvalue weighted by molar-refractivity contribution is -0.299. The highest BCUT2D eigenvalue weighted by Gasteiger charge is 2.20. The largest absolute Gasteiger partial charge is 0.545 e. The monoisotopic (exact) mass is 415 g/mol. The fraction of sp³-hybridized carbons (Fsp3) is 0.308. The van der Waals surface area contributed by atoms with E-state index >= 15 is 0 Å². The maximum Gasteiger partial charge on any atom is 0.140 e. The smallest absolute Gasteiger partial charge is 0.140 e. The SMILES string of the molecule is C/C(=C\c1cn(C2CCCCC2)c(-c2ccc(OCc3ccccc3)cc2)n1)C(=O)[O-]. The van der Waals surface area contributed by atoms with Gasteiger partial charge in [0.15, 0.2) is 0 Å². The van der Waals surface area contributed by atoms with Crippen molar-refractivity contribution in [2.24, 2.45) is 0 Å². The van der Waals surface area contributed by atoms with Crippen LogP contribution in [0.4, 0.5) is 0 Å². The van der Waals surface area contributed by atoms with Crippen LogP contribution in [0.1, 0.15) is 56.3 Å². The van der Waals surface area contributed by atoms with Crippen LogP contribution in [0.25, 0.3) is 17.5 Å². The van der Waals surface area contributed by atoms with Gasteiger partial charge >= 0.3 is 0 Å². The highest BCUT2D eigenvalue weighted by Crippen LogP contribution is 2.33. The van der Waals surface area contributed by atoms with Gasteiger partial charge in [0.05, 0.1) is 11.7 Å². The lowest BCUT2D eigenvalue weighted by Crippen LogP contribution is -2.22. The van der Waals surface area contributed by atoms with Crippen molar-refractivity contribution < 1.29 is 14.6 Å². The molecule has 0 N–H and O–H groups in total. The summed E-state index contributed by atoms with van der Waals surface area (Å²) in [6, 6.07) is 18.4. The van der Waals surface area contributed by atoms with Crippen LogP contribution in [0.3, 0.4) is 0 Å². The van der Waals surface area contributed by atoms with E-state index in [0.29, 0.717) is 18.3 Å². The minimum atomic E-state index is -1.17. The Bertz CT molecular complexity index is 1050. The van der Waals surface area contributed by atoms with Crippen molar-refractivity contribution in [3.8, 4) is 17.1 Å². The molecule has 2 aromatic carbocycles. The number of aromatic nitrogens is 2. The molecular formula is C26H27N2O3-. The second-order valence-electron chi connectivity index (χ2n) is 8.10. The molecule has 0 amide bonds. The van der Waals surface area contributed by atoms with Gasteiger partial charge in [0.1, 0.15) is 18.2 Å². The first kappa shape index (κ1) is 20.9. The number of nitrogens with zero attached hydrogens (tertiary/aromatic N) is 2. The molecule has 0 radical (unpaired) electrons. The van der Waals surface area contributed by atoms with Gasteiger partial charge in [-0.25, -0.2) is 4.98 Å². The topological polar surface area (TPSA) is 67.2 Å². The van der Waals surface area contributed by atoms with Crippen LogP contribution >= 0.6 is 0 Å². The third kappa shape index (κ3) is 5.23. The van der Waals surface area contributed by atoms with Crippen molar-refractivity contribution in [3.63, 3.8) is 0 Å². The summed E-state index contributed by atoms with van der Waals surface area (Å²) < 4.78 is 8.12. The summed E-state index contributed by atoms with van der Waals surface area (Å²) in [7, 11) is 0. The minimum Gasteiger partial charge on any atom is -0.545 e. The first-order valence-corrected chi connectivity index (χ1v) is 10.9. The van der Waals surface area contributed by atoms with Crippen LogP contribution in [-0.2, 0) is 11.4 Å². The minimum absolute atomic E-state index is 0.171. The molecule has 4 rings (SSSR count). The van der Waals surface area contributed by atoms with Gasteiger partial charge in [-0.1, -0.05) is 49.6 Å². The zero-order chi connectivity index (χ0) is 21.6. The number of carboxylic acids is 1. The molecule has 1 fully saturated rings.